The van der Waals surface area contributed by atoms with Crippen molar-refractivity contribution in [3.8, 4) is 11.5 Å². The maximum Gasteiger partial charge on any atom is 0.326 e. The van der Waals surface area contributed by atoms with Gasteiger partial charge < -0.3 is 25.4 Å². The van der Waals surface area contributed by atoms with Crippen LogP contribution in [0.1, 0.15) is 62.1 Å². The highest BCUT2D eigenvalue weighted by Gasteiger charge is 2.49. The predicted octanol–water partition coefficient (Wildman–Crippen LogP) is 3.24. The average Bonchev–Trinajstić information content (AvgIpc) is 3.06. The van der Waals surface area contributed by atoms with E-state index < -0.39 is 51.8 Å². The molecule has 0 saturated heterocycles. The number of hydrogen-bond donors (Lipinski definition) is 4. The normalized spacial score (nSPS) is 21.4. The van der Waals surface area contributed by atoms with E-state index in [9.17, 15) is 33.3 Å². The molecule has 0 fully saturated rings. The number of phenols is 1. The number of carboxylic acid groups (broad SMARTS) is 1. The number of fused-ring (bicyclic) bond motifs is 1. The predicted molar refractivity (Wildman–Crippen MR) is 167 cm³/mol. The third-order valence-corrected chi connectivity index (χ3v) is 10.5. The van der Waals surface area contributed by atoms with E-state index in [1.807, 2.05) is 44.2 Å². The number of ether oxygens (including phenoxy) is 1. The second-order valence-electron chi connectivity index (χ2n) is 11.4. The zero-order valence-corrected chi connectivity index (χ0v) is 25.7. The number of phenolic OH excluding ortho intramolecular Hbond substituents is 1. The van der Waals surface area contributed by atoms with E-state index >= 15 is 0 Å². The number of nitrogens with one attached hydrogen (secondary N) is 1. The molecule has 3 aromatic rings. The molecule has 0 unspecified atom stereocenters. The highest BCUT2D eigenvalue weighted by molar-refractivity contribution is 7.91. The van der Waals surface area contributed by atoms with E-state index in [-0.39, 0.29) is 34.0 Å². The first-order chi connectivity index (χ1) is 20.9. The second-order valence-corrected chi connectivity index (χ2v) is 13.4. The van der Waals surface area contributed by atoms with Crippen LogP contribution in [-0.2, 0) is 25.8 Å². The lowest BCUT2D eigenvalue weighted by Gasteiger charge is -2.39. The fraction of sp³-hybridized carbons (Fsp3) is 0.394. The molecule has 1 amide bonds. The van der Waals surface area contributed by atoms with Crippen LogP contribution in [-0.4, -0.2) is 68.0 Å². The molecule has 0 saturated carbocycles. The van der Waals surface area contributed by atoms with Crippen LogP contribution in [0.15, 0.2) is 71.6 Å². The minimum atomic E-state index is -3.95. The largest absolute Gasteiger partial charge is 0.508 e. The number of aliphatic hydroxyl groups is 1. The van der Waals surface area contributed by atoms with Crippen molar-refractivity contribution in [3.05, 3.63) is 83.4 Å². The van der Waals surface area contributed by atoms with E-state index in [0.717, 1.165) is 18.4 Å². The minimum absolute atomic E-state index is 0.0233. The summed E-state index contributed by atoms with van der Waals surface area (Å²) in [6.07, 6.45) is 1.42. The Morgan fingerprint density at radius 2 is 1.77 bits per heavy atom. The SMILES string of the molecule is [B]c1cc2c(cc1OCC(=O)N[C@H](Cc1ccccc1O)C(=O)O)S(=O)(=O)C[C@@](CC)(CCCC)[C@H](O)[C@@H]2c1ccccc1. The highest BCUT2D eigenvalue weighted by atomic mass is 32.2. The number of hydrogen-bond acceptors (Lipinski definition) is 7. The smallest absolute Gasteiger partial charge is 0.326 e. The summed E-state index contributed by atoms with van der Waals surface area (Å²) < 4.78 is 33.7. The fourth-order valence-corrected chi connectivity index (χ4v) is 8.30. The van der Waals surface area contributed by atoms with E-state index in [4.69, 9.17) is 12.6 Å². The summed E-state index contributed by atoms with van der Waals surface area (Å²) in [7, 11) is 2.40. The van der Waals surface area contributed by atoms with Crippen molar-refractivity contribution in [1.82, 2.24) is 5.32 Å². The van der Waals surface area contributed by atoms with Gasteiger partial charge in [0.05, 0.1) is 16.8 Å². The van der Waals surface area contributed by atoms with Crippen molar-refractivity contribution in [2.75, 3.05) is 12.4 Å². The van der Waals surface area contributed by atoms with Crippen molar-refractivity contribution in [3.63, 3.8) is 0 Å². The number of carbonyl (C=O) groups is 2. The number of aliphatic hydroxyl groups excluding tert-OH is 1. The number of carbonyl (C=O) groups excluding carboxylic acids is 1. The van der Waals surface area contributed by atoms with Crippen molar-refractivity contribution < 1.29 is 38.1 Å². The van der Waals surface area contributed by atoms with Gasteiger partial charge in [-0.05, 0) is 41.7 Å². The van der Waals surface area contributed by atoms with Crippen LogP contribution in [0.4, 0.5) is 0 Å². The van der Waals surface area contributed by atoms with Gasteiger partial charge in [0.1, 0.15) is 25.4 Å². The van der Waals surface area contributed by atoms with Gasteiger partial charge >= 0.3 is 5.97 Å². The van der Waals surface area contributed by atoms with Crippen LogP contribution in [0, 0.1) is 5.41 Å². The maximum absolute atomic E-state index is 14.0. The summed E-state index contributed by atoms with van der Waals surface area (Å²) in [5, 5.41) is 34.0. The van der Waals surface area contributed by atoms with Gasteiger partial charge in [0.25, 0.3) is 5.91 Å². The molecule has 1 heterocycles. The van der Waals surface area contributed by atoms with Crippen LogP contribution < -0.4 is 15.5 Å². The van der Waals surface area contributed by atoms with Gasteiger partial charge in [-0.2, -0.15) is 0 Å². The summed E-state index contributed by atoms with van der Waals surface area (Å²) in [5.41, 5.74) is 0.631. The molecule has 4 rings (SSSR count). The lowest BCUT2D eigenvalue weighted by atomic mass is 9.68. The third-order valence-electron chi connectivity index (χ3n) is 8.53. The number of sulfone groups is 1. The monoisotopic (exact) mass is 619 g/mol. The average molecular weight is 620 g/mol. The summed E-state index contributed by atoms with van der Waals surface area (Å²) in [4.78, 5) is 24.5. The second kappa shape index (κ2) is 13.9. The van der Waals surface area contributed by atoms with Gasteiger partial charge in [-0.25, -0.2) is 13.2 Å². The number of benzene rings is 3. The molecule has 44 heavy (non-hydrogen) atoms. The quantitative estimate of drug-likeness (QED) is 0.226. The van der Waals surface area contributed by atoms with Crippen LogP contribution in [0.25, 0.3) is 0 Å². The molecule has 1 aliphatic rings. The first kappa shape index (κ1) is 33.1. The molecule has 4 N–H and O–H groups in total. The third kappa shape index (κ3) is 7.10. The zero-order chi connectivity index (χ0) is 32.1. The number of aliphatic carboxylic acids is 1. The molecular weight excluding hydrogens is 581 g/mol. The van der Waals surface area contributed by atoms with Crippen LogP contribution in [0.3, 0.4) is 0 Å². The van der Waals surface area contributed by atoms with Gasteiger partial charge in [0.15, 0.2) is 16.4 Å². The van der Waals surface area contributed by atoms with Crippen molar-refractivity contribution >= 4 is 35.0 Å². The minimum Gasteiger partial charge on any atom is -0.508 e. The number of rotatable bonds is 12. The van der Waals surface area contributed by atoms with Gasteiger partial charge in [-0.1, -0.05) is 86.7 Å². The summed E-state index contributed by atoms with van der Waals surface area (Å²) in [6.45, 7) is 3.29. The number of carboxylic acids is 1. The van der Waals surface area contributed by atoms with Crippen LogP contribution >= 0.6 is 0 Å². The molecule has 2 radical (unpaired) electrons. The Hall–Kier alpha value is -3.83. The number of amides is 1. The van der Waals surface area contributed by atoms with E-state index in [2.05, 4.69) is 5.32 Å². The molecule has 4 atom stereocenters. The number of aromatic hydroxyl groups is 1. The molecule has 0 spiro atoms. The van der Waals surface area contributed by atoms with Gasteiger partial charge in [0.2, 0.25) is 0 Å². The zero-order valence-electron chi connectivity index (χ0n) is 24.9. The van der Waals surface area contributed by atoms with Gasteiger partial charge in [-0.3, -0.25) is 4.79 Å². The molecule has 0 bridgehead atoms. The van der Waals surface area contributed by atoms with Crippen molar-refractivity contribution in [1.29, 1.82) is 0 Å². The number of para-hydroxylation sites is 1. The van der Waals surface area contributed by atoms with E-state index in [1.54, 1.807) is 18.2 Å². The first-order valence-electron chi connectivity index (χ1n) is 14.7. The Balaban J connectivity index is 1.65. The molecular formula is C33H38BNO8S. The van der Waals surface area contributed by atoms with Crippen molar-refractivity contribution in [2.24, 2.45) is 5.41 Å². The number of unbranched alkanes of at least 4 members (excludes halogenated alkanes) is 1. The summed E-state index contributed by atoms with van der Waals surface area (Å²) >= 11 is 0. The van der Waals surface area contributed by atoms with Crippen molar-refractivity contribution in [2.45, 2.75) is 68.9 Å². The first-order valence-corrected chi connectivity index (χ1v) is 16.4. The summed E-state index contributed by atoms with van der Waals surface area (Å²) in [6, 6.07) is 16.9. The Morgan fingerprint density at radius 1 is 1.09 bits per heavy atom. The summed E-state index contributed by atoms with van der Waals surface area (Å²) in [5.74, 6) is -3.15. The molecule has 0 aromatic heterocycles. The molecule has 232 valence electrons. The van der Waals surface area contributed by atoms with Gasteiger partial charge in [0, 0.05) is 17.8 Å². The Kier molecular flexibility index (Phi) is 10.4. The fourth-order valence-electron chi connectivity index (χ4n) is 6.04. The standard InChI is InChI=1S/C33H38BNO8S/c1-3-5-15-33(4-2)20-44(41,42)28-18-27(24(34)17-23(28)30(31(33)38)21-11-7-6-8-12-21)43-19-29(37)35-25(32(39)40)16-22-13-9-10-14-26(22)36/h6-14,17-18,25,30-31,36,38H,3-5,15-16,19-20H2,1-2H3,(H,35,37)(H,39,40)/t25-,30-,31-,33-/m1/s1. The Labute approximate surface area is 259 Å². The maximum atomic E-state index is 14.0. The molecule has 3 aromatic carbocycles. The Bertz CT molecular complexity index is 1600. The van der Waals surface area contributed by atoms with Crippen LogP contribution in [0.2, 0.25) is 0 Å². The lowest BCUT2D eigenvalue weighted by Crippen LogP contribution is -2.44. The molecule has 11 heteroatoms. The highest BCUT2D eigenvalue weighted by Crippen LogP contribution is 2.49. The molecule has 9 nitrogen and oxygen atoms in total. The van der Waals surface area contributed by atoms with E-state index in [1.165, 1.54) is 18.2 Å². The molecule has 0 aliphatic carbocycles. The van der Waals surface area contributed by atoms with Gasteiger partial charge in [-0.15, -0.1) is 0 Å². The van der Waals surface area contributed by atoms with E-state index in [0.29, 0.717) is 24.0 Å². The Morgan fingerprint density at radius 3 is 2.41 bits per heavy atom. The topological polar surface area (TPSA) is 150 Å². The molecule has 1 aliphatic heterocycles. The lowest BCUT2D eigenvalue weighted by molar-refractivity contribution is -0.142. The van der Waals surface area contributed by atoms with Crippen LogP contribution in [0.5, 0.6) is 11.5 Å².